The van der Waals surface area contributed by atoms with Crippen molar-refractivity contribution in [1.82, 2.24) is 9.88 Å². The fourth-order valence-corrected chi connectivity index (χ4v) is 2.48. The number of nitrogens with zero attached hydrogens (tertiary/aromatic N) is 1. The summed E-state index contributed by atoms with van der Waals surface area (Å²) in [5.74, 6) is 0.382. The van der Waals surface area contributed by atoms with E-state index in [2.05, 4.69) is 5.32 Å². The van der Waals surface area contributed by atoms with Gasteiger partial charge in [0.2, 0.25) is 0 Å². The van der Waals surface area contributed by atoms with E-state index in [0.717, 1.165) is 5.56 Å². The van der Waals surface area contributed by atoms with E-state index in [1.54, 1.807) is 24.5 Å². The first-order valence-electron chi connectivity index (χ1n) is 7.38. The van der Waals surface area contributed by atoms with Crippen LogP contribution in [0.1, 0.15) is 21.7 Å². The first kappa shape index (κ1) is 16.1. The Balaban J connectivity index is 1.77. The molecule has 1 N–H and O–H groups in total. The molecular weight excluding hydrogens is 328 g/mol. The van der Waals surface area contributed by atoms with E-state index in [1.165, 1.54) is 22.9 Å². The van der Waals surface area contributed by atoms with Gasteiger partial charge in [-0.15, -0.1) is 0 Å². The molecule has 5 nitrogen and oxygen atoms in total. The molecule has 2 heterocycles. The molecule has 6 heteroatoms. The number of aromatic nitrogens is 1. The molecule has 3 aromatic rings. The van der Waals surface area contributed by atoms with Crippen LogP contribution >= 0.6 is 11.6 Å². The molecule has 0 aliphatic heterocycles. The highest BCUT2D eigenvalue weighted by atomic mass is 35.5. The summed E-state index contributed by atoms with van der Waals surface area (Å²) in [6.07, 6.45) is 3.08. The highest BCUT2D eigenvalue weighted by Crippen LogP contribution is 2.15. The first-order chi connectivity index (χ1) is 11.6. The molecule has 0 bridgehead atoms. The average Bonchev–Trinajstić information content (AvgIpc) is 3.10. The number of nitrogens with one attached hydrogen (secondary N) is 1. The molecule has 0 saturated heterocycles. The van der Waals surface area contributed by atoms with Crippen LogP contribution < -0.4 is 10.9 Å². The largest absolute Gasteiger partial charge is 0.467 e. The Hall–Kier alpha value is -2.79. The lowest BCUT2D eigenvalue weighted by Gasteiger charge is -2.10. The number of benzene rings is 1. The van der Waals surface area contributed by atoms with Crippen LogP contribution in [0, 0.1) is 0 Å². The molecule has 0 spiro atoms. The maximum Gasteiger partial charge on any atom is 0.253 e. The normalized spacial score (nSPS) is 10.5. The van der Waals surface area contributed by atoms with Crippen LogP contribution in [0.3, 0.4) is 0 Å². The van der Waals surface area contributed by atoms with Gasteiger partial charge in [0.25, 0.3) is 11.5 Å². The summed E-state index contributed by atoms with van der Waals surface area (Å²) >= 11 is 6.13. The van der Waals surface area contributed by atoms with Crippen LogP contribution in [0.15, 0.2) is 70.2 Å². The Morgan fingerprint density at radius 1 is 1.12 bits per heavy atom. The van der Waals surface area contributed by atoms with Crippen LogP contribution in [0.5, 0.6) is 0 Å². The second kappa shape index (κ2) is 7.19. The third kappa shape index (κ3) is 3.75. The zero-order valence-corrected chi connectivity index (χ0v) is 13.5. The molecule has 0 saturated carbocycles. The van der Waals surface area contributed by atoms with E-state index in [1.807, 2.05) is 18.2 Å². The zero-order chi connectivity index (χ0) is 16.9. The standard InChI is InChI=1S/C18H15ClN2O3/c19-16-6-2-1-4-13(16)11-21-12-14(7-8-17(21)22)18(23)20-10-15-5-3-9-24-15/h1-9,12H,10-11H2,(H,20,23). The van der Waals surface area contributed by atoms with Crippen LogP contribution in [0.2, 0.25) is 5.02 Å². The molecular formula is C18H15ClN2O3. The number of furan rings is 1. The maximum atomic E-state index is 12.2. The quantitative estimate of drug-likeness (QED) is 0.775. The van der Waals surface area contributed by atoms with Gasteiger partial charge in [-0.2, -0.15) is 0 Å². The smallest absolute Gasteiger partial charge is 0.253 e. The molecule has 3 rings (SSSR count). The topological polar surface area (TPSA) is 64.2 Å². The van der Waals surface area contributed by atoms with E-state index in [9.17, 15) is 9.59 Å². The third-order valence-electron chi connectivity index (χ3n) is 3.55. The lowest BCUT2D eigenvalue weighted by atomic mass is 10.2. The van der Waals surface area contributed by atoms with Gasteiger partial charge >= 0.3 is 0 Å². The predicted octanol–water partition coefficient (Wildman–Crippen LogP) is 3.07. The minimum absolute atomic E-state index is 0.197. The van der Waals surface area contributed by atoms with Crippen molar-refractivity contribution in [3.05, 3.63) is 93.3 Å². The van der Waals surface area contributed by atoms with Crippen molar-refractivity contribution in [1.29, 1.82) is 0 Å². The molecule has 0 aliphatic rings. The summed E-state index contributed by atoms with van der Waals surface area (Å²) < 4.78 is 6.63. The minimum atomic E-state index is -0.278. The summed E-state index contributed by atoms with van der Waals surface area (Å²) in [5, 5.41) is 3.33. The third-order valence-corrected chi connectivity index (χ3v) is 3.92. The Kier molecular flexibility index (Phi) is 4.82. The second-order valence-corrected chi connectivity index (χ2v) is 5.64. The van der Waals surface area contributed by atoms with Crippen LogP contribution in [0.25, 0.3) is 0 Å². The summed E-state index contributed by atoms with van der Waals surface area (Å²) in [5.41, 5.74) is 1.01. The number of rotatable bonds is 5. The van der Waals surface area contributed by atoms with Gasteiger partial charge in [0, 0.05) is 17.3 Å². The van der Waals surface area contributed by atoms with Crippen molar-refractivity contribution in [3.63, 3.8) is 0 Å². The van der Waals surface area contributed by atoms with Crippen molar-refractivity contribution in [2.45, 2.75) is 13.1 Å². The van der Waals surface area contributed by atoms with E-state index in [-0.39, 0.29) is 18.0 Å². The highest BCUT2D eigenvalue weighted by molar-refractivity contribution is 6.31. The predicted molar refractivity (Wildman–Crippen MR) is 91.1 cm³/mol. The summed E-state index contributed by atoms with van der Waals surface area (Å²) in [6.45, 7) is 0.591. The maximum absolute atomic E-state index is 12.2. The van der Waals surface area contributed by atoms with E-state index < -0.39 is 0 Å². The fraction of sp³-hybridized carbons (Fsp3) is 0.111. The van der Waals surface area contributed by atoms with Crippen molar-refractivity contribution in [2.75, 3.05) is 0 Å². The SMILES string of the molecule is O=C(NCc1ccco1)c1ccc(=O)n(Cc2ccccc2Cl)c1. The van der Waals surface area contributed by atoms with Crippen molar-refractivity contribution < 1.29 is 9.21 Å². The van der Waals surface area contributed by atoms with Gasteiger partial charge in [-0.25, -0.2) is 0 Å². The molecule has 2 aromatic heterocycles. The lowest BCUT2D eigenvalue weighted by Crippen LogP contribution is -2.26. The highest BCUT2D eigenvalue weighted by Gasteiger charge is 2.09. The number of halogens is 1. The van der Waals surface area contributed by atoms with E-state index in [0.29, 0.717) is 22.9 Å². The van der Waals surface area contributed by atoms with Crippen molar-refractivity contribution >= 4 is 17.5 Å². The van der Waals surface area contributed by atoms with Crippen molar-refractivity contribution in [2.24, 2.45) is 0 Å². The molecule has 0 radical (unpaired) electrons. The Labute approximate surface area is 143 Å². The van der Waals surface area contributed by atoms with Crippen LogP contribution in [-0.4, -0.2) is 10.5 Å². The monoisotopic (exact) mass is 342 g/mol. The van der Waals surface area contributed by atoms with Gasteiger partial charge in [0.1, 0.15) is 5.76 Å². The Bertz CT molecular complexity index is 901. The average molecular weight is 343 g/mol. The number of amides is 1. The van der Waals surface area contributed by atoms with Gasteiger partial charge in [-0.1, -0.05) is 29.8 Å². The molecule has 24 heavy (non-hydrogen) atoms. The van der Waals surface area contributed by atoms with Crippen LogP contribution in [-0.2, 0) is 13.1 Å². The van der Waals surface area contributed by atoms with Gasteiger partial charge in [0.15, 0.2) is 0 Å². The molecule has 122 valence electrons. The number of carbonyl (C=O) groups is 1. The molecule has 0 fully saturated rings. The molecule has 1 amide bonds. The molecule has 1 aromatic carbocycles. The summed E-state index contributed by atoms with van der Waals surface area (Å²) in [6, 6.07) is 13.7. The first-order valence-corrected chi connectivity index (χ1v) is 7.76. The van der Waals surface area contributed by atoms with Gasteiger partial charge < -0.3 is 14.3 Å². The summed E-state index contributed by atoms with van der Waals surface area (Å²) in [4.78, 5) is 24.3. The van der Waals surface area contributed by atoms with Crippen LogP contribution in [0.4, 0.5) is 0 Å². The van der Waals surface area contributed by atoms with E-state index in [4.69, 9.17) is 16.0 Å². The zero-order valence-electron chi connectivity index (χ0n) is 12.7. The second-order valence-electron chi connectivity index (χ2n) is 5.24. The number of hydrogen-bond donors (Lipinski definition) is 1. The minimum Gasteiger partial charge on any atom is -0.467 e. The van der Waals surface area contributed by atoms with Crippen molar-refractivity contribution in [3.8, 4) is 0 Å². The Morgan fingerprint density at radius 2 is 1.96 bits per heavy atom. The number of pyridine rings is 1. The summed E-state index contributed by atoms with van der Waals surface area (Å²) in [7, 11) is 0. The number of hydrogen-bond acceptors (Lipinski definition) is 3. The molecule has 0 aliphatic carbocycles. The van der Waals surface area contributed by atoms with E-state index >= 15 is 0 Å². The lowest BCUT2D eigenvalue weighted by molar-refractivity contribution is 0.0947. The van der Waals surface area contributed by atoms with Gasteiger partial charge in [0.05, 0.1) is 24.9 Å². The van der Waals surface area contributed by atoms with Gasteiger partial charge in [-0.3, -0.25) is 9.59 Å². The number of carbonyl (C=O) groups excluding carboxylic acids is 1. The molecule has 0 unspecified atom stereocenters. The van der Waals surface area contributed by atoms with Gasteiger partial charge in [-0.05, 0) is 29.8 Å². The Morgan fingerprint density at radius 3 is 2.71 bits per heavy atom. The fourth-order valence-electron chi connectivity index (χ4n) is 2.28. The molecule has 0 atom stereocenters.